The standard InChI is InChI=1S/C12H22O3/c1-3-4-5-6-7-11(8-9-13)10-12(14)15-2/h9,11H,3-8,10H2,1-2H3/t11-/m0/s1. The highest BCUT2D eigenvalue weighted by molar-refractivity contribution is 5.70. The van der Waals surface area contributed by atoms with E-state index in [9.17, 15) is 9.59 Å². The molecule has 0 aliphatic carbocycles. The molecule has 0 aromatic carbocycles. The Kier molecular flexibility index (Phi) is 9.13. The Bertz CT molecular complexity index is 178. The van der Waals surface area contributed by atoms with Crippen LogP contribution in [-0.2, 0) is 14.3 Å². The van der Waals surface area contributed by atoms with E-state index in [4.69, 9.17) is 0 Å². The minimum Gasteiger partial charge on any atom is -0.469 e. The van der Waals surface area contributed by atoms with Gasteiger partial charge in [-0.05, 0) is 12.3 Å². The van der Waals surface area contributed by atoms with Crippen LogP contribution in [0.1, 0.15) is 51.9 Å². The summed E-state index contributed by atoms with van der Waals surface area (Å²) >= 11 is 0. The first-order valence-corrected chi connectivity index (χ1v) is 5.75. The second kappa shape index (κ2) is 9.69. The zero-order valence-electron chi connectivity index (χ0n) is 9.83. The fraction of sp³-hybridized carbons (Fsp3) is 0.833. The fourth-order valence-electron chi connectivity index (χ4n) is 1.62. The molecule has 0 radical (unpaired) electrons. The van der Waals surface area contributed by atoms with Crippen molar-refractivity contribution in [1.29, 1.82) is 0 Å². The van der Waals surface area contributed by atoms with Crippen molar-refractivity contribution >= 4 is 12.3 Å². The molecule has 0 aromatic heterocycles. The zero-order valence-corrected chi connectivity index (χ0v) is 9.83. The minimum atomic E-state index is -0.211. The quantitative estimate of drug-likeness (QED) is 0.337. The highest BCUT2D eigenvalue weighted by Crippen LogP contribution is 2.17. The van der Waals surface area contributed by atoms with Crippen molar-refractivity contribution in [2.75, 3.05) is 7.11 Å². The third-order valence-electron chi connectivity index (χ3n) is 2.58. The van der Waals surface area contributed by atoms with Crippen molar-refractivity contribution in [3.63, 3.8) is 0 Å². The van der Waals surface area contributed by atoms with E-state index in [1.807, 2.05) is 0 Å². The lowest BCUT2D eigenvalue weighted by Gasteiger charge is -2.12. The van der Waals surface area contributed by atoms with Crippen molar-refractivity contribution in [3.05, 3.63) is 0 Å². The van der Waals surface area contributed by atoms with Gasteiger partial charge >= 0.3 is 5.97 Å². The maximum absolute atomic E-state index is 11.0. The fourth-order valence-corrected chi connectivity index (χ4v) is 1.62. The summed E-state index contributed by atoms with van der Waals surface area (Å²) in [7, 11) is 1.39. The van der Waals surface area contributed by atoms with Gasteiger partial charge in [-0.15, -0.1) is 0 Å². The summed E-state index contributed by atoms with van der Waals surface area (Å²) in [4.78, 5) is 21.5. The molecule has 3 heteroatoms. The van der Waals surface area contributed by atoms with Gasteiger partial charge < -0.3 is 9.53 Å². The van der Waals surface area contributed by atoms with Crippen LogP contribution in [0.25, 0.3) is 0 Å². The van der Waals surface area contributed by atoms with E-state index in [2.05, 4.69) is 11.7 Å². The van der Waals surface area contributed by atoms with Gasteiger partial charge in [-0.3, -0.25) is 4.79 Å². The molecule has 1 atom stereocenters. The second-order valence-electron chi connectivity index (χ2n) is 3.90. The van der Waals surface area contributed by atoms with Gasteiger partial charge in [0.1, 0.15) is 6.29 Å². The van der Waals surface area contributed by atoms with Gasteiger partial charge in [0.2, 0.25) is 0 Å². The van der Waals surface area contributed by atoms with Gasteiger partial charge in [-0.25, -0.2) is 0 Å². The molecule has 0 N–H and O–H groups in total. The van der Waals surface area contributed by atoms with Crippen LogP contribution in [0.4, 0.5) is 0 Å². The van der Waals surface area contributed by atoms with Crippen LogP contribution in [-0.4, -0.2) is 19.4 Å². The van der Waals surface area contributed by atoms with Crippen molar-refractivity contribution in [1.82, 2.24) is 0 Å². The normalized spacial score (nSPS) is 12.1. The molecular formula is C12H22O3. The Labute approximate surface area is 92.2 Å². The molecule has 15 heavy (non-hydrogen) atoms. The van der Waals surface area contributed by atoms with Crippen LogP contribution in [0.5, 0.6) is 0 Å². The van der Waals surface area contributed by atoms with Crippen LogP contribution < -0.4 is 0 Å². The monoisotopic (exact) mass is 214 g/mol. The number of hydrogen-bond acceptors (Lipinski definition) is 3. The molecule has 0 spiro atoms. The van der Waals surface area contributed by atoms with E-state index in [1.165, 1.54) is 26.4 Å². The predicted molar refractivity (Wildman–Crippen MR) is 59.6 cm³/mol. The molecule has 88 valence electrons. The van der Waals surface area contributed by atoms with E-state index in [1.54, 1.807) is 0 Å². The Balaban J connectivity index is 3.72. The molecule has 0 saturated carbocycles. The molecule has 3 nitrogen and oxygen atoms in total. The van der Waals surface area contributed by atoms with Crippen LogP contribution in [0.15, 0.2) is 0 Å². The number of ether oxygens (including phenoxy) is 1. The Hall–Kier alpha value is -0.860. The number of rotatable bonds is 9. The number of carbonyl (C=O) groups excluding carboxylic acids is 2. The van der Waals surface area contributed by atoms with Gasteiger partial charge in [-0.2, -0.15) is 0 Å². The largest absolute Gasteiger partial charge is 0.469 e. The molecule has 0 amide bonds. The summed E-state index contributed by atoms with van der Waals surface area (Å²) in [5, 5.41) is 0. The third kappa shape index (κ3) is 8.16. The van der Waals surface area contributed by atoms with Gasteiger partial charge in [0.25, 0.3) is 0 Å². The minimum absolute atomic E-state index is 0.173. The Morgan fingerprint density at radius 3 is 2.60 bits per heavy atom. The van der Waals surface area contributed by atoms with Crippen molar-refractivity contribution in [3.8, 4) is 0 Å². The summed E-state index contributed by atoms with van der Waals surface area (Å²) in [5.41, 5.74) is 0. The summed E-state index contributed by atoms with van der Waals surface area (Å²) < 4.78 is 4.60. The van der Waals surface area contributed by atoms with Crippen LogP contribution >= 0.6 is 0 Å². The average Bonchev–Trinajstić information content (AvgIpc) is 2.24. The molecule has 0 bridgehead atoms. The topological polar surface area (TPSA) is 43.4 Å². The van der Waals surface area contributed by atoms with E-state index in [0.29, 0.717) is 12.8 Å². The van der Waals surface area contributed by atoms with E-state index < -0.39 is 0 Å². The lowest BCUT2D eigenvalue weighted by molar-refractivity contribution is -0.141. The van der Waals surface area contributed by atoms with Crippen LogP contribution in [0.3, 0.4) is 0 Å². The lowest BCUT2D eigenvalue weighted by atomic mass is 9.95. The van der Waals surface area contributed by atoms with Gasteiger partial charge in [-0.1, -0.05) is 32.6 Å². The zero-order chi connectivity index (χ0) is 11.5. The molecule has 0 rings (SSSR count). The maximum atomic E-state index is 11.0. The summed E-state index contributed by atoms with van der Waals surface area (Å²) in [5.74, 6) is -0.0378. The van der Waals surface area contributed by atoms with E-state index >= 15 is 0 Å². The van der Waals surface area contributed by atoms with Crippen molar-refractivity contribution in [2.45, 2.75) is 51.9 Å². The predicted octanol–water partition coefficient (Wildman–Crippen LogP) is 2.73. The SMILES string of the molecule is CCCCCC[C@@H](CC=O)CC(=O)OC. The third-order valence-corrected chi connectivity index (χ3v) is 2.58. The van der Waals surface area contributed by atoms with Gasteiger partial charge in [0.05, 0.1) is 7.11 Å². The highest BCUT2D eigenvalue weighted by atomic mass is 16.5. The van der Waals surface area contributed by atoms with E-state index in [0.717, 1.165) is 19.1 Å². The first-order valence-electron chi connectivity index (χ1n) is 5.75. The molecule has 0 fully saturated rings. The Morgan fingerprint density at radius 1 is 1.33 bits per heavy atom. The van der Waals surface area contributed by atoms with Crippen LogP contribution in [0.2, 0.25) is 0 Å². The number of unbranched alkanes of at least 4 members (excludes halogenated alkanes) is 3. The number of esters is 1. The van der Waals surface area contributed by atoms with E-state index in [-0.39, 0.29) is 11.9 Å². The number of methoxy groups -OCH3 is 1. The second-order valence-corrected chi connectivity index (χ2v) is 3.90. The van der Waals surface area contributed by atoms with Crippen LogP contribution in [0, 0.1) is 5.92 Å². The molecule has 0 aromatic rings. The molecule has 0 unspecified atom stereocenters. The number of aldehydes is 1. The smallest absolute Gasteiger partial charge is 0.305 e. The van der Waals surface area contributed by atoms with Gasteiger partial charge in [0, 0.05) is 12.8 Å². The molecule has 0 saturated heterocycles. The molecule has 0 heterocycles. The van der Waals surface area contributed by atoms with Crippen molar-refractivity contribution < 1.29 is 14.3 Å². The molecule has 0 aliphatic heterocycles. The molecular weight excluding hydrogens is 192 g/mol. The average molecular weight is 214 g/mol. The first kappa shape index (κ1) is 14.1. The van der Waals surface area contributed by atoms with Crippen molar-refractivity contribution in [2.24, 2.45) is 5.92 Å². The Morgan fingerprint density at radius 2 is 2.07 bits per heavy atom. The highest BCUT2D eigenvalue weighted by Gasteiger charge is 2.13. The summed E-state index contributed by atoms with van der Waals surface area (Å²) in [6, 6.07) is 0. The number of hydrogen-bond donors (Lipinski definition) is 0. The maximum Gasteiger partial charge on any atom is 0.305 e. The summed E-state index contributed by atoms with van der Waals surface area (Å²) in [6.45, 7) is 2.16. The van der Waals surface area contributed by atoms with Gasteiger partial charge in [0.15, 0.2) is 0 Å². The number of carbonyl (C=O) groups is 2. The summed E-state index contributed by atoms with van der Waals surface area (Å²) in [6.07, 6.45) is 7.42. The lowest BCUT2D eigenvalue weighted by Crippen LogP contribution is -2.10. The first-order chi connectivity index (χ1) is 7.24. The molecule has 0 aliphatic rings.